The van der Waals surface area contributed by atoms with Gasteiger partial charge in [-0.15, -0.1) is 0 Å². The van der Waals surface area contributed by atoms with Gasteiger partial charge in [0, 0.05) is 26.6 Å². The van der Waals surface area contributed by atoms with Crippen LogP contribution in [-0.4, -0.2) is 26.0 Å². The van der Waals surface area contributed by atoms with Crippen LogP contribution in [0, 0.1) is 0 Å². The smallest absolute Gasteiger partial charge is 0.221 e. The lowest BCUT2D eigenvalue weighted by atomic mass is 10.3. The maximum atomic E-state index is 10.8. The van der Waals surface area contributed by atoms with Crippen LogP contribution in [-0.2, 0) is 4.79 Å². The van der Waals surface area contributed by atoms with Gasteiger partial charge in [-0.2, -0.15) is 0 Å². The molecule has 0 unspecified atom stereocenters. The molecule has 4 heteroatoms. The van der Waals surface area contributed by atoms with Crippen molar-refractivity contribution in [1.29, 1.82) is 0 Å². The Morgan fingerprint density at radius 1 is 1.60 bits per heavy atom. The van der Waals surface area contributed by atoms with Crippen LogP contribution in [0.4, 0.5) is 0 Å². The summed E-state index contributed by atoms with van der Waals surface area (Å²) in [6, 6.07) is 3.74. The molecule has 15 heavy (non-hydrogen) atoms. The molecule has 1 rings (SSSR count). The van der Waals surface area contributed by atoms with Crippen LogP contribution in [0.5, 0.6) is 0 Å². The Hall–Kier alpha value is -1.55. The second-order valence-electron chi connectivity index (χ2n) is 3.05. The number of hydrogen-bond acceptors (Lipinski definition) is 3. The molecule has 1 amide bonds. The SMILES string of the molecule is CNC(=O)CCNC/C=C/c1ccco1. The molecule has 0 aromatic carbocycles. The van der Waals surface area contributed by atoms with E-state index in [1.165, 1.54) is 0 Å². The molecule has 1 aromatic rings. The Balaban J connectivity index is 2.04. The summed E-state index contributed by atoms with van der Waals surface area (Å²) in [6.07, 6.45) is 6.00. The maximum absolute atomic E-state index is 10.8. The van der Waals surface area contributed by atoms with Crippen LogP contribution in [0.15, 0.2) is 28.9 Å². The second-order valence-corrected chi connectivity index (χ2v) is 3.05. The van der Waals surface area contributed by atoms with E-state index in [9.17, 15) is 4.79 Å². The number of furan rings is 1. The molecular weight excluding hydrogens is 192 g/mol. The fourth-order valence-corrected chi connectivity index (χ4v) is 1.07. The van der Waals surface area contributed by atoms with Crippen LogP contribution in [0.3, 0.4) is 0 Å². The first-order chi connectivity index (χ1) is 7.33. The zero-order chi connectivity index (χ0) is 10.9. The number of hydrogen-bond donors (Lipinski definition) is 2. The van der Waals surface area contributed by atoms with Crippen molar-refractivity contribution in [3.63, 3.8) is 0 Å². The van der Waals surface area contributed by atoms with Gasteiger partial charge in [-0.25, -0.2) is 0 Å². The molecular formula is C11H16N2O2. The van der Waals surface area contributed by atoms with E-state index in [2.05, 4.69) is 10.6 Å². The van der Waals surface area contributed by atoms with Crippen molar-refractivity contribution in [2.45, 2.75) is 6.42 Å². The fraction of sp³-hybridized carbons (Fsp3) is 0.364. The van der Waals surface area contributed by atoms with E-state index in [1.807, 2.05) is 24.3 Å². The summed E-state index contributed by atoms with van der Waals surface area (Å²) < 4.78 is 5.12. The standard InChI is InChI=1S/C11H16N2O2/c1-12-11(14)6-8-13-7-2-4-10-5-3-9-15-10/h2-5,9,13H,6-8H2,1H3,(H,12,14)/b4-2+. The van der Waals surface area contributed by atoms with Gasteiger partial charge in [-0.3, -0.25) is 4.79 Å². The molecule has 0 saturated heterocycles. The topological polar surface area (TPSA) is 54.3 Å². The Morgan fingerprint density at radius 3 is 3.13 bits per heavy atom. The predicted octanol–water partition coefficient (Wildman–Crippen LogP) is 1.02. The molecule has 0 fully saturated rings. The zero-order valence-electron chi connectivity index (χ0n) is 8.82. The number of nitrogens with one attached hydrogen (secondary N) is 2. The summed E-state index contributed by atoms with van der Waals surface area (Å²) >= 11 is 0. The molecule has 0 spiro atoms. The Labute approximate surface area is 89.4 Å². The van der Waals surface area contributed by atoms with Crippen LogP contribution in [0.2, 0.25) is 0 Å². The summed E-state index contributed by atoms with van der Waals surface area (Å²) in [4.78, 5) is 10.8. The second kappa shape index (κ2) is 6.84. The highest BCUT2D eigenvalue weighted by atomic mass is 16.3. The lowest BCUT2D eigenvalue weighted by Crippen LogP contribution is -2.24. The zero-order valence-corrected chi connectivity index (χ0v) is 8.82. The molecule has 1 heterocycles. The third-order valence-electron chi connectivity index (χ3n) is 1.90. The number of amides is 1. The molecule has 4 nitrogen and oxygen atoms in total. The molecule has 0 bridgehead atoms. The predicted molar refractivity (Wildman–Crippen MR) is 59.3 cm³/mol. The summed E-state index contributed by atoms with van der Waals surface area (Å²) in [5.74, 6) is 0.889. The van der Waals surface area contributed by atoms with Gasteiger partial charge >= 0.3 is 0 Å². The van der Waals surface area contributed by atoms with Gasteiger partial charge < -0.3 is 15.1 Å². The van der Waals surface area contributed by atoms with E-state index >= 15 is 0 Å². The van der Waals surface area contributed by atoms with Crippen molar-refractivity contribution in [1.82, 2.24) is 10.6 Å². The van der Waals surface area contributed by atoms with Crippen molar-refractivity contribution >= 4 is 12.0 Å². The normalized spacial score (nSPS) is 10.7. The largest absolute Gasteiger partial charge is 0.465 e. The molecule has 0 atom stereocenters. The van der Waals surface area contributed by atoms with Gasteiger partial charge in [0.2, 0.25) is 5.91 Å². The van der Waals surface area contributed by atoms with Gasteiger partial charge in [0.25, 0.3) is 0 Å². The van der Waals surface area contributed by atoms with Crippen LogP contribution >= 0.6 is 0 Å². The summed E-state index contributed by atoms with van der Waals surface area (Å²) in [6.45, 7) is 1.42. The van der Waals surface area contributed by atoms with Gasteiger partial charge in [0.15, 0.2) is 0 Å². The molecule has 0 saturated carbocycles. The summed E-state index contributed by atoms with van der Waals surface area (Å²) in [5, 5.41) is 5.69. The maximum Gasteiger partial charge on any atom is 0.221 e. The van der Waals surface area contributed by atoms with Gasteiger partial charge in [0.05, 0.1) is 6.26 Å². The Kier molecular flexibility index (Phi) is 5.25. The van der Waals surface area contributed by atoms with E-state index in [1.54, 1.807) is 13.3 Å². The molecule has 82 valence electrons. The summed E-state index contributed by atoms with van der Waals surface area (Å²) in [5.41, 5.74) is 0. The quantitative estimate of drug-likeness (QED) is 0.686. The third-order valence-corrected chi connectivity index (χ3v) is 1.90. The molecule has 0 aliphatic carbocycles. The molecule has 0 aliphatic rings. The lowest BCUT2D eigenvalue weighted by Gasteiger charge is -1.99. The minimum Gasteiger partial charge on any atom is -0.465 e. The van der Waals surface area contributed by atoms with E-state index in [0.29, 0.717) is 13.0 Å². The fourth-order valence-electron chi connectivity index (χ4n) is 1.07. The average Bonchev–Trinajstić information content (AvgIpc) is 2.75. The minimum atomic E-state index is 0.0533. The molecule has 0 aliphatic heterocycles. The first-order valence-corrected chi connectivity index (χ1v) is 4.94. The van der Waals surface area contributed by atoms with Crippen LogP contribution < -0.4 is 10.6 Å². The van der Waals surface area contributed by atoms with E-state index in [4.69, 9.17) is 4.42 Å². The Bertz CT molecular complexity index is 304. The highest BCUT2D eigenvalue weighted by Gasteiger charge is 1.94. The van der Waals surface area contributed by atoms with E-state index in [0.717, 1.165) is 12.3 Å². The van der Waals surface area contributed by atoms with Crippen molar-refractivity contribution < 1.29 is 9.21 Å². The number of carbonyl (C=O) groups is 1. The van der Waals surface area contributed by atoms with Crippen molar-refractivity contribution in [3.8, 4) is 0 Å². The summed E-state index contributed by atoms with van der Waals surface area (Å²) in [7, 11) is 1.64. The molecule has 0 radical (unpaired) electrons. The molecule has 1 aromatic heterocycles. The van der Waals surface area contributed by atoms with Crippen molar-refractivity contribution in [2.24, 2.45) is 0 Å². The Morgan fingerprint density at radius 2 is 2.47 bits per heavy atom. The van der Waals surface area contributed by atoms with E-state index in [-0.39, 0.29) is 5.91 Å². The average molecular weight is 208 g/mol. The number of carbonyl (C=O) groups excluding carboxylic acids is 1. The highest BCUT2D eigenvalue weighted by molar-refractivity contribution is 5.75. The van der Waals surface area contributed by atoms with Gasteiger partial charge in [-0.05, 0) is 18.2 Å². The monoisotopic (exact) mass is 208 g/mol. The number of rotatable bonds is 6. The molecule has 2 N–H and O–H groups in total. The lowest BCUT2D eigenvalue weighted by molar-refractivity contribution is -0.120. The first kappa shape index (κ1) is 11.5. The van der Waals surface area contributed by atoms with Crippen LogP contribution in [0.1, 0.15) is 12.2 Å². The van der Waals surface area contributed by atoms with E-state index < -0.39 is 0 Å². The van der Waals surface area contributed by atoms with Crippen molar-refractivity contribution in [2.75, 3.05) is 20.1 Å². The van der Waals surface area contributed by atoms with Gasteiger partial charge in [-0.1, -0.05) is 6.08 Å². The third kappa shape index (κ3) is 5.02. The highest BCUT2D eigenvalue weighted by Crippen LogP contribution is 2.01. The minimum absolute atomic E-state index is 0.0533. The van der Waals surface area contributed by atoms with Crippen molar-refractivity contribution in [3.05, 3.63) is 30.2 Å². The van der Waals surface area contributed by atoms with Gasteiger partial charge in [0.1, 0.15) is 5.76 Å². The first-order valence-electron chi connectivity index (χ1n) is 4.94. The van der Waals surface area contributed by atoms with Crippen LogP contribution in [0.25, 0.3) is 6.08 Å².